The van der Waals surface area contributed by atoms with E-state index in [0.29, 0.717) is 41.8 Å². The summed E-state index contributed by atoms with van der Waals surface area (Å²) in [6.45, 7) is 4.96. The molecule has 0 bridgehead atoms. The summed E-state index contributed by atoms with van der Waals surface area (Å²) in [6.07, 6.45) is 2.99. The van der Waals surface area contributed by atoms with Crippen LogP contribution in [0.5, 0.6) is 5.75 Å². The summed E-state index contributed by atoms with van der Waals surface area (Å²) >= 11 is 0. The van der Waals surface area contributed by atoms with E-state index in [0.717, 1.165) is 16.8 Å². The first-order valence-electron chi connectivity index (χ1n) is 12.0. The number of nitrogens with one attached hydrogen (secondary N) is 3. The lowest BCUT2D eigenvalue weighted by molar-refractivity contribution is -0.0443. The molecule has 192 valence electrons. The van der Waals surface area contributed by atoms with Crippen LogP contribution >= 0.6 is 0 Å². The standard InChI is InChI=1S/C26H29N7O4/c1-15(2)29-25(34)21-14-33-24(31-21)20(27-3)12-22(32-33)30-19-7-5-6-17(23(19)35-4)18-9-8-16(13-28-18)26-36-10-11-37-26/h5-9,12-15,26-27H,10-11H2,1-4H3,(H,29,34)(H,30,32). The Morgan fingerprint density at radius 2 is 1.97 bits per heavy atom. The number of pyridine rings is 1. The number of nitrogens with zero attached hydrogens (tertiary/aromatic N) is 4. The first-order valence-corrected chi connectivity index (χ1v) is 12.0. The van der Waals surface area contributed by atoms with Gasteiger partial charge in [0.1, 0.15) is 5.69 Å². The molecule has 1 aliphatic rings. The molecular formula is C26H29N7O4. The molecule has 1 amide bonds. The lowest BCUT2D eigenvalue weighted by Gasteiger charge is -2.16. The summed E-state index contributed by atoms with van der Waals surface area (Å²) in [6, 6.07) is 11.5. The average Bonchev–Trinajstić information content (AvgIpc) is 3.58. The van der Waals surface area contributed by atoms with Crippen molar-refractivity contribution in [1.29, 1.82) is 0 Å². The van der Waals surface area contributed by atoms with Crippen LogP contribution in [0.3, 0.4) is 0 Å². The third-order valence-corrected chi connectivity index (χ3v) is 5.79. The second-order valence-corrected chi connectivity index (χ2v) is 8.78. The van der Waals surface area contributed by atoms with Gasteiger partial charge in [0, 0.05) is 36.5 Å². The molecule has 0 saturated carbocycles. The normalized spacial score (nSPS) is 13.8. The Balaban J connectivity index is 1.45. The van der Waals surface area contributed by atoms with Gasteiger partial charge in [-0.1, -0.05) is 12.1 Å². The van der Waals surface area contributed by atoms with Crippen molar-refractivity contribution in [3.63, 3.8) is 0 Å². The van der Waals surface area contributed by atoms with E-state index in [4.69, 9.17) is 14.2 Å². The zero-order chi connectivity index (χ0) is 25.9. The monoisotopic (exact) mass is 503 g/mol. The SMILES string of the molecule is CNc1cc(Nc2cccc(-c3ccc(C4OCCO4)cn3)c2OC)nn2cc(C(=O)NC(C)C)nc12. The molecule has 0 aliphatic carbocycles. The minimum absolute atomic E-state index is 0.001000. The van der Waals surface area contributed by atoms with Crippen LogP contribution in [0.25, 0.3) is 16.9 Å². The van der Waals surface area contributed by atoms with Crippen molar-refractivity contribution in [1.82, 2.24) is 24.9 Å². The number of aromatic nitrogens is 4. The zero-order valence-electron chi connectivity index (χ0n) is 21.1. The predicted octanol–water partition coefficient (Wildman–Crippen LogP) is 3.77. The number of para-hydroxylation sites is 1. The van der Waals surface area contributed by atoms with Crippen molar-refractivity contribution in [2.75, 3.05) is 38.0 Å². The summed E-state index contributed by atoms with van der Waals surface area (Å²) in [7, 11) is 3.41. The Morgan fingerprint density at radius 3 is 2.65 bits per heavy atom. The van der Waals surface area contributed by atoms with Crippen molar-refractivity contribution in [2.24, 2.45) is 0 Å². The molecule has 1 fully saturated rings. The number of rotatable bonds is 8. The van der Waals surface area contributed by atoms with Crippen LogP contribution in [-0.4, -0.2) is 58.9 Å². The first-order chi connectivity index (χ1) is 18.0. The van der Waals surface area contributed by atoms with Gasteiger partial charge < -0.3 is 30.2 Å². The first kappa shape index (κ1) is 24.5. The number of methoxy groups -OCH3 is 1. The Kier molecular flexibility index (Phi) is 6.89. The van der Waals surface area contributed by atoms with Gasteiger partial charge in [-0.15, -0.1) is 5.10 Å². The van der Waals surface area contributed by atoms with E-state index in [1.165, 1.54) is 0 Å². The number of hydrogen-bond donors (Lipinski definition) is 3. The van der Waals surface area contributed by atoms with E-state index >= 15 is 0 Å². The number of carbonyl (C=O) groups excluding carboxylic acids is 1. The molecule has 4 heterocycles. The fourth-order valence-electron chi connectivity index (χ4n) is 4.12. The Morgan fingerprint density at radius 1 is 1.16 bits per heavy atom. The number of imidazole rings is 1. The van der Waals surface area contributed by atoms with E-state index in [1.807, 2.05) is 50.2 Å². The van der Waals surface area contributed by atoms with E-state index in [2.05, 4.69) is 31.0 Å². The van der Waals surface area contributed by atoms with Gasteiger partial charge in [-0.25, -0.2) is 9.50 Å². The second-order valence-electron chi connectivity index (χ2n) is 8.78. The fourth-order valence-corrected chi connectivity index (χ4v) is 4.12. The summed E-state index contributed by atoms with van der Waals surface area (Å²) < 4.78 is 18.5. The van der Waals surface area contributed by atoms with Crippen LogP contribution in [0, 0.1) is 0 Å². The number of amides is 1. The number of carbonyl (C=O) groups is 1. The van der Waals surface area contributed by atoms with E-state index in [-0.39, 0.29) is 23.9 Å². The molecule has 0 spiro atoms. The van der Waals surface area contributed by atoms with Crippen LogP contribution in [-0.2, 0) is 9.47 Å². The highest BCUT2D eigenvalue weighted by atomic mass is 16.7. The molecule has 1 aliphatic heterocycles. The minimum atomic E-state index is -0.376. The molecule has 5 rings (SSSR count). The summed E-state index contributed by atoms with van der Waals surface area (Å²) in [5.74, 6) is 0.905. The van der Waals surface area contributed by atoms with E-state index in [9.17, 15) is 4.79 Å². The molecule has 0 unspecified atom stereocenters. The number of fused-ring (bicyclic) bond motifs is 1. The fraction of sp³-hybridized carbons (Fsp3) is 0.308. The molecule has 11 heteroatoms. The lowest BCUT2D eigenvalue weighted by atomic mass is 10.1. The smallest absolute Gasteiger partial charge is 0.271 e. The van der Waals surface area contributed by atoms with Gasteiger partial charge in [-0.05, 0) is 32.0 Å². The minimum Gasteiger partial charge on any atom is -0.494 e. The van der Waals surface area contributed by atoms with Gasteiger partial charge >= 0.3 is 0 Å². The highest BCUT2D eigenvalue weighted by Gasteiger charge is 2.20. The molecular weight excluding hydrogens is 474 g/mol. The number of hydrogen-bond acceptors (Lipinski definition) is 9. The zero-order valence-corrected chi connectivity index (χ0v) is 21.1. The second kappa shape index (κ2) is 10.4. The van der Waals surface area contributed by atoms with Crippen molar-refractivity contribution in [3.8, 4) is 17.0 Å². The van der Waals surface area contributed by atoms with Crippen molar-refractivity contribution in [2.45, 2.75) is 26.2 Å². The summed E-state index contributed by atoms with van der Waals surface area (Å²) in [4.78, 5) is 21.5. The van der Waals surface area contributed by atoms with Crippen LogP contribution in [0.15, 0.2) is 48.8 Å². The topological polar surface area (TPSA) is 124 Å². The van der Waals surface area contributed by atoms with E-state index < -0.39 is 0 Å². The Labute approximate surface area is 214 Å². The van der Waals surface area contributed by atoms with Gasteiger partial charge in [-0.2, -0.15) is 0 Å². The van der Waals surface area contributed by atoms with Crippen LogP contribution in [0.2, 0.25) is 0 Å². The van der Waals surface area contributed by atoms with Crippen LogP contribution in [0.4, 0.5) is 17.2 Å². The maximum atomic E-state index is 12.5. The van der Waals surface area contributed by atoms with Crippen LogP contribution < -0.4 is 20.7 Å². The Hall–Kier alpha value is -4.22. The maximum Gasteiger partial charge on any atom is 0.271 e. The Bertz CT molecular complexity index is 1410. The van der Waals surface area contributed by atoms with Gasteiger partial charge in [0.2, 0.25) is 0 Å². The molecule has 11 nitrogen and oxygen atoms in total. The molecule has 37 heavy (non-hydrogen) atoms. The average molecular weight is 504 g/mol. The molecule has 0 radical (unpaired) electrons. The molecule has 3 N–H and O–H groups in total. The van der Waals surface area contributed by atoms with Crippen LogP contribution in [0.1, 0.15) is 36.2 Å². The molecule has 4 aromatic rings. The van der Waals surface area contributed by atoms with Gasteiger partial charge in [0.25, 0.3) is 5.91 Å². The van der Waals surface area contributed by atoms with Crippen molar-refractivity contribution in [3.05, 3.63) is 60.0 Å². The quantitative estimate of drug-likeness (QED) is 0.330. The maximum absolute atomic E-state index is 12.5. The highest BCUT2D eigenvalue weighted by molar-refractivity contribution is 5.93. The summed E-state index contributed by atoms with van der Waals surface area (Å²) in [5, 5.41) is 13.9. The molecule has 0 atom stereocenters. The number of anilines is 3. The van der Waals surface area contributed by atoms with Gasteiger partial charge in [-0.3, -0.25) is 9.78 Å². The van der Waals surface area contributed by atoms with Gasteiger partial charge in [0.05, 0.1) is 43.6 Å². The van der Waals surface area contributed by atoms with Crippen molar-refractivity contribution >= 4 is 28.7 Å². The lowest BCUT2D eigenvalue weighted by Crippen LogP contribution is -2.30. The molecule has 3 aromatic heterocycles. The third-order valence-electron chi connectivity index (χ3n) is 5.79. The number of ether oxygens (including phenoxy) is 3. The predicted molar refractivity (Wildman–Crippen MR) is 139 cm³/mol. The molecule has 1 aromatic carbocycles. The van der Waals surface area contributed by atoms with E-state index in [1.54, 1.807) is 31.1 Å². The number of benzene rings is 1. The molecule has 1 saturated heterocycles. The third kappa shape index (κ3) is 5.04. The largest absolute Gasteiger partial charge is 0.494 e. The van der Waals surface area contributed by atoms with Crippen molar-refractivity contribution < 1.29 is 19.0 Å². The highest BCUT2D eigenvalue weighted by Crippen LogP contribution is 2.37. The summed E-state index contributed by atoms with van der Waals surface area (Å²) in [5.41, 5.74) is 4.69. The van der Waals surface area contributed by atoms with Gasteiger partial charge in [0.15, 0.2) is 23.5 Å².